The van der Waals surface area contributed by atoms with Crippen molar-refractivity contribution in [2.45, 2.75) is 25.3 Å². The Balaban J connectivity index is 2.20. The van der Waals surface area contributed by atoms with Crippen molar-refractivity contribution in [1.29, 1.82) is 0 Å². The summed E-state index contributed by atoms with van der Waals surface area (Å²) < 4.78 is 46.9. The van der Waals surface area contributed by atoms with Gasteiger partial charge in [0.2, 0.25) is 0 Å². The van der Waals surface area contributed by atoms with Crippen molar-refractivity contribution < 1.29 is 37.4 Å². The molecular formula is C24H32NO6+. The number of ether oxygens (including phenoxy) is 4. The van der Waals surface area contributed by atoms with Gasteiger partial charge >= 0.3 is 5.97 Å². The number of methoxy groups -OCH3 is 4. The van der Waals surface area contributed by atoms with Crippen LogP contribution in [0.25, 0.3) is 0 Å². The van der Waals surface area contributed by atoms with E-state index in [4.69, 9.17) is 23.1 Å². The van der Waals surface area contributed by atoms with Crippen LogP contribution in [-0.2, 0) is 17.6 Å². The largest absolute Gasteiger partial charge is 0.493 e. The maximum absolute atomic E-state index is 11.5. The molecule has 3 rings (SSSR count). The first-order chi connectivity index (χ1) is 16.1. The first kappa shape index (κ1) is 18.8. The highest BCUT2D eigenvalue weighted by molar-refractivity contribution is 5.66. The number of rotatable bonds is 9. The third-order valence-corrected chi connectivity index (χ3v) is 5.98. The van der Waals surface area contributed by atoms with Crippen molar-refractivity contribution in [1.82, 2.24) is 0 Å². The van der Waals surface area contributed by atoms with Gasteiger partial charge in [0, 0.05) is 18.4 Å². The van der Waals surface area contributed by atoms with Gasteiger partial charge in [0.15, 0.2) is 23.0 Å². The van der Waals surface area contributed by atoms with Crippen LogP contribution in [0.5, 0.6) is 23.0 Å². The normalized spacial score (nSPS) is 21.8. The molecule has 1 heterocycles. The van der Waals surface area contributed by atoms with E-state index >= 15 is 0 Å². The Kier molecular flexibility index (Phi) is 5.75. The number of hydrogen-bond acceptors (Lipinski definition) is 5. The van der Waals surface area contributed by atoms with Gasteiger partial charge in [-0.15, -0.1) is 0 Å². The summed E-state index contributed by atoms with van der Waals surface area (Å²) >= 11 is 0. The molecule has 2 atom stereocenters. The Hall–Kier alpha value is -2.93. The van der Waals surface area contributed by atoms with Crippen LogP contribution in [0.4, 0.5) is 0 Å². The topological polar surface area (TPSA) is 74.2 Å². The van der Waals surface area contributed by atoms with Gasteiger partial charge in [-0.1, -0.05) is 6.07 Å². The smallest absolute Gasteiger partial charge is 0.309 e. The van der Waals surface area contributed by atoms with Crippen molar-refractivity contribution in [3.63, 3.8) is 0 Å². The number of nitrogens with zero attached hydrogens (tertiary/aromatic N) is 1. The number of carboxylic acid groups (broad SMARTS) is 1. The first-order valence-corrected chi connectivity index (χ1v) is 10.1. The summed E-state index contributed by atoms with van der Waals surface area (Å²) in [6, 6.07) is 8.68. The van der Waals surface area contributed by atoms with E-state index in [0.29, 0.717) is 35.8 Å². The van der Waals surface area contributed by atoms with Gasteiger partial charge in [-0.25, -0.2) is 0 Å². The summed E-state index contributed by atoms with van der Waals surface area (Å²) in [4.78, 5) is 11.5. The predicted molar refractivity (Wildman–Crippen MR) is 117 cm³/mol. The molecular weight excluding hydrogens is 398 g/mol. The molecule has 168 valence electrons. The number of aliphatic carboxylic acids is 1. The second kappa shape index (κ2) is 9.47. The quantitative estimate of drug-likeness (QED) is 0.611. The number of hydrogen-bond donors (Lipinski definition) is 1. The number of carbonyl (C=O) groups is 1. The molecule has 0 saturated carbocycles. The molecule has 2 aromatic rings. The molecule has 1 aliphatic heterocycles. The van der Waals surface area contributed by atoms with Crippen LogP contribution in [-0.4, -0.2) is 64.1 Å². The van der Waals surface area contributed by atoms with E-state index in [2.05, 4.69) is 0 Å². The Bertz CT molecular complexity index is 1040. The summed E-state index contributed by atoms with van der Waals surface area (Å²) in [7, 11) is 6.19. The minimum Gasteiger partial charge on any atom is -0.493 e. The van der Waals surface area contributed by atoms with Crippen molar-refractivity contribution in [2.24, 2.45) is 0 Å². The molecule has 1 N–H and O–H groups in total. The van der Waals surface area contributed by atoms with Gasteiger partial charge in [0.1, 0.15) is 6.04 Å². The van der Waals surface area contributed by atoms with E-state index in [1.807, 2.05) is 24.3 Å². The molecule has 0 saturated heterocycles. The molecule has 7 heteroatoms. The molecule has 0 aromatic heterocycles. The van der Waals surface area contributed by atoms with Crippen molar-refractivity contribution in [3.8, 4) is 23.0 Å². The van der Waals surface area contributed by atoms with Crippen LogP contribution >= 0.6 is 0 Å². The Labute approximate surface area is 187 Å². The molecule has 1 aliphatic rings. The van der Waals surface area contributed by atoms with E-state index in [1.54, 1.807) is 27.4 Å². The zero-order valence-electron chi connectivity index (χ0n) is 21.4. The van der Waals surface area contributed by atoms with Gasteiger partial charge in [-0.2, -0.15) is 0 Å². The van der Waals surface area contributed by atoms with E-state index in [9.17, 15) is 9.90 Å². The first-order valence-electron chi connectivity index (χ1n) is 11.6. The monoisotopic (exact) mass is 433 g/mol. The molecule has 0 aliphatic carbocycles. The van der Waals surface area contributed by atoms with Crippen LogP contribution in [0.2, 0.25) is 0 Å². The fourth-order valence-electron chi connectivity index (χ4n) is 4.28. The maximum Gasteiger partial charge on any atom is 0.309 e. The fourth-order valence-corrected chi connectivity index (χ4v) is 4.28. The highest BCUT2D eigenvalue weighted by Crippen LogP contribution is 2.43. The molecule has 7 nitrogen and oxygen atoms in total. The molecule has 0 spiro atoms. The third kappa shape index (κ3) is 4.71. The number of quaternary nitrogens is 1. The Morgan fingerprint density at radius 3 is 2.29 bits per heavy atom. The lowest BCUT2D eigenvalue weighted by Gasteiger charge is -2.46. The Morgan fingerprint density at radius 1 is 1.03 bits per heavy atom. The van der Waals surface area contributed by atoms with Gasteiger partial charge in [0.25, 0.3) is 0 Å². The van der Waals surface area contributed by atoms with Gasteiger partial charge in [-0.05, 0) is 35.4 Å². The van der Waals surface area contributed by atoms with Crippen molar-refractivity contribution in [2.75, 3.05) is 48.5 Å². The summed E-state index contributed by atoms with van der Waals surface area (Å²) in [6.07, 6.45) is 0.598. The van der Waals surface area contributed by atoms with Crippen LogP contribution in [0.3, 0.4) is 0 Å². The molecule has 2 aromatic carbocycles. The molecule has 0 fully saturated rings. The summed E-state index contributed by atoms with van der Waals surface area (Å²) in [5.74, 6) is 1.17. The Morgan fingerprint density at radius 2 is 1.68 bits per heavy atom. The van der Waals surface area contributed by atoms with Gasteiger partial charge in [0.05, 0.1) is 59.0 Å². The average Bonchev–Trinajstić information content (AvgIpc) is 2.81. The van der Waals surface area contributed by atoms with Crippen LogP contribution in [0.15, 0.2) is 30.3 Å². The molecule has 0 radical (unpaired) electrons. The second-order valence-corrected chi connectivity index (χ2v) is 7.69. The number of fused-ring (bicyclic) bond motifs is 1. The standard InChI is InChI=1S/C24H31NO6/c1-25(11-9-24(26)27)10-8-17-14-22(30-4)23(31-5)15-18(17)19(25)12-16-6-7-20(28-2)21(13-16)29-3/h6-7,13-15,19H,8-12H2,1-5H3/p+1/t19-,25-/m1/s1/i1D3. The van der Waals surface area contributed by atoms with Crippen LogP contribution < -0.4 is 18.9 Å². The lowest BCUT2D eigenvalue weighted by Crippen LogP contribution is -2.53. The summed E-state index contributed by atoms with van der Waals surface area (Å²) in [5, 5.41) is 9.41. The van der Waals surface area contributed by atoms with Crippen LogP contribution in [0, 0.1) is 0 Å². The average molecular weight is 434 g/mol. The van der Waals surface area contributed by atoms with E-state index < -0.39 is 19.0 Å². The lowest BCUT2D eigenvalue weighted by molar-refractivity contribution is -0.940. The lowest BCUT2D eigenvalue weighted by atomic mass is 9.86. The predicted octanol–water partition coefficient (Wildman–Crippen LogP) is 3.48. The van der Waals surface area contributed by atoms with Gasteiger partial charge < -0.3 is 28.5 Å². The number of carboxylic acids is 1. The van der Waals surface area contributed by atoms with Crippen molar-refractivity contribution >= 4 is 5.97 Å². The van der Waals surface area contributed by atoms with E-state index in [0.717, 1.165) is 16.7 Å². The zero-order chi connectivity index (χ0) is 25.1. The number of likely N-dealkylation sites (N-methyl/N-ethyl adjacent to an activating group) is 1. The minimum atomic E-state index is -2.43. The molecule has 31 heavy (non-hydrogen) atoms. The van der Waals surface area contributed by atoms with Gasteiger partial charge in [-0.3, -0.25) is 4.79 Å². The highest BCUT2D eigenvalue weighted by atomic mass is 16.5. The fraction of sp³-hybridized carbons (Fsp3) is 0.458. The summed E-state index contributed by atoms with van der Waals surface area (Å²) in [5.41, 5.74) is 2.64. The van der Waals surface area contributed by atoms with Crippen LogP contribution in [0.1, 0.15) is 33.3 Å². The number of benzene rings is 2. The van der Waals surface area contributed by atoms with E-state index in [1.165, 1.54) is 7.11 Å². The minimum absolute atomic E-state index is 0.0163. The summed E-state index contributed by atoms with van der Waals surface area (Å²) in [6.45, 7) is -2.16. The van der Waals surface area contributed by atoms with E-state index in [-0.39, 0.29) is 24.0 Å². The maximum atomic E-state index is 11.5. The second-order valence-electron chi connectivity index (χ2n) is 7.69. The highest BCUT2D eigenvalue weighted by Gasteiger charge is 2.40. The van der Waals surface area contributed by atoms with Crippen molar-refractivity contribution in [3.05, 3.63) is 47.0 Å². The third-order valence-electron chi connectivity index (χ3n) is 5.98. The molecule has 0 unspecified atom stereocenters. The molecule has 0 amide bonds. The SMILES string of the molecule is [2H]C([2H])([2H])[N@+]1(CCC(=O)O)CCc2cc(OC)c(OC)cc2[C@H]1Cc1ccc(OC)c(OC)c1. The zero-order valence-corrected chi connectivity index (χ0v) is 18.4. The molecule has 0 bridgehead atoms.